The summed E-state index contributed by atoms with van der Waals surface area (Å²) < 4.78 is 59.1. The van der Waals surface area contributed by atoms with Crippen molar-refractivity contribution >= 4 is 17.4 Å². The lowest BCUT2D eigenvalue weighted by molar-refractivity contribution is -0.144. The SMILES string of the molecule is Cc1nc2nc(C(F)(F)F)nn2c(C)c1CCC(=O)Nc1ccccc1Oc1cccc(F)c1. The number of nitrogens with zero attached hydrogens (tertiary/aromatic N) is 4. The molecule has 7 nitrogen and oxygen atoms in total. The van der Waals surface area contributed by atoms with Crippen LogP contribution >= 0.6 is 0 Å². The van der Waals surface area contributed by atoms with Crippen LogP contribution in [0.15, 0.2) is 48.5 Å². The highest BCUT2D eigenvalue weighted by atomic mass is 19.4. The molecule has 0 radical (unpaired) electrons. The number of ether oxygens (including phenoxy) is 1. The van der Waals surface area contributed by atoms with E-state index >= 15 is 0 Å². The standard InChI is InChI=1S/C23H19F4N5O2/c1-13-17(14(2)32-22(28-13)30-21(31-32)23(25,26)27)10-11-20(33)29-18-8-3-4-9-19(18)34-16-7-5-6-15(24)12-16/h3-9,12H,10-11H2,1-2H3,(H,29,33). The third-order valence-electron chi connectivity index (χ3n) is 5.09. The van der Waals surface area contributed by atoms with Gasteiger partial charge in [-0.15, -0.1) is 5.10 Å². The highest BCUT2D eigenvalue weighted by Gasteiger charge is 2.37. The second-order valence-electron chi connectivity index (χ2n) is 7.51. The van der Waals surface area contributed by atoms with Crippen molar-refractivity contribution in [2.75, 3.05) is 5.32 Å². The number of anilines is 1. The van der Waals surface area contributed by atoms with E-state index in [1.165, 1.54) is 18.2 Å². The van der Waals surface area contributed by atoms with Gasteiger partial charge in [0.05, 0.1) is 5.69 Å². The maximum atomic E-state index is 13.4. The van der Waals surface area contributed by atoms with Crippen LogP contribution in [0.4, 0.5) is 23.2 Å². The quantitative estimate of drug-likeness (QED) is 0.386. The number of fused-ring (bicyclic) bond motifs is 1. The van der Waals surface area contributed by atoms with Gasteiger partial charge >= 0.3 is 6.18 Å². The topological polar surface area (TPSA) is 81.4 Å². The van der Waals surface area contributed by atoms with Crippen molar-refractivity contribution in [2.45, 2.75) is 32.9 Å². The molecule has 2 aromatic heterocycles. The van der Waals surface area contributed by atoms with Gasteiger partial charge in [-0.3, -0.25) is 4.79 Å². The van der Waals surface area contributed by atoms with Gasteiger partial charge < -0.3 is 10.1 Å². The fourth-order valence-corrected chi connectivity index (χ4v) is 3.46. The van der Waals surface area contributed by atoms with Crippen molar-refractivity contribution in [2.24, 2.45) is 0 Å². The Morgan fingerprint density at radius 1 is 1.09 bits per heavy atom. The Hall–Kier alpha value is -4.02. The van der Waals surface area contributed by atoms with Gasteiger partial charge in [-0.25, -0.2) is 13.9 Å². The van der Waals surface area contributed by atoms with Crippen LogP contribution in [0.5, 0.6) is 11.5 Å². The van der Waals surface area contributed by atoms with Crippen molar-refractivity contribution in [3.05, 3.63) is 77.1 Å². The molecule has 2 aromatic carbocycles. The molecular weight excluding hydrogens is 454 g/mol. The van der Waals surface area contributed by atoms with Crippen molar-refractivity contribution in [3.63, 3.8) is 0 Å². The Morgan fingerprint density at radius 2 is 1.85 bits per heavy atom. The largest absolute Gasteiger partial charge is 0.455 e. The predicted molar refractivity (Wildman–Crippen MR) is 115 cm³/mol. The average molecular weight is 473 g/mol. The van der Waals surface area contributed by atoms with E-state index in [1.807, 2.05) is 0 Å². The van der Waals surface area contributed by atoms with Crippen LogP contribution in [0.25, 0.3) is 5.78 Å². The molecule has 4 rings (SSSR count). The van der Waals surface area contributed by atoms with Gasteiger partial charge in [0.15, 0.2) is 5.75 Å². The van der Waals surface area contributed by atoms with Gasteiger partial charge in [-0.2, -0.15) is 18.2 Å². The molecule has 0 unspecified atom stereocenters. The molecule has 4 aromatic rings. The Bertz CT molecular complexity index is 1370. The maximum absolute atomic E-state index is 13.4. The highest BCUT2D eigenvalue weighted by Crippen LogP contribution is 2.30. The molecule has 0 fully saturated rings. The Balaban J connectivity index is 1.49. The minimum absolute atomic E-state index is 0.0317. The Kier molecular flexibility index (Phi) is 6.18. The lowest BCUT2D eigenvalue weighted by atomic mass is 10.1. The molecule has 1 amide bonds. The minimum atomic E-state index is -4.69. The van der Waals surface area contributed by atoms with Crippen LogP contribution < -0.4 is 10.1 Å². The molecule has 2 heterocycles. The number of hydrogen-bond acceptors (Lipinski definition) is 5. The van der Waals surface area contributed by atoms with E-state index in [4.69, 9.17) is 4.74 Å². The van der Waals surface area contributed by atoms with E-state index in [2.05, 4.69) is 20.4 Å². The monoisotopic (exact) mass is 473 g/mol. The lowest BCUT2D eigenvalue weighted by Gasteiger charge is -2.13. The Labute approximate surface area is 191 Å². The lowest BCUT2D eigenvalue weighted by Crippen LogP contribution is -2.15. The summed E-state index contributed by atoms with van der Waals surface area (Å²) in [6, 6.07) is 12.3. The summed E-state index contributed by atoms with van der Waals surface area (Å²) >= 11 is 0. The molecule has 0 bridgehead atoms. The summed E-state index contributed by atoms with van der Waals surface area (Å²) in [4.78, 5) is 20.2. The van der Waals surface area contributed by atoms with E-state index < -0.39 is 17.8 Å². The fourth-order valence-electron chi connectivity index (χ4n) is 3.46. The van der Waals surface area contributed by atoms with Crippen LogP contribution in [-0.2, 0) is 17.4 Å². The molecule has 0 saturated carbocycles. The molecule has 1 N–H and O–H groups in total. The molecule has 34 heavy (non-hydrogen) atoms. The van der Waals surface area contributed by atoms with Gasteiger partial charge in [0.2, 0.25) is 5.91 Å². The number of para-hydroxylation sites is 2. The summed E-state index contributed by atoms with van der Waals surface area (Å²) in [5, 5.41) is 6.27. The number of carbonyl (C=O) groups is 1. The number of aryl methyl sites for hydroxylation is 2. The summed E-state index contributed by atoms with van der Waals surface area (Å²) in [6.07, 6.45) is -4.43. The molecular formula is C23H19F4N5O2. The molecule has 0 atom stereocenters. The van der Waals surface area contributed by atoms with Gasteiger partial charge in [-0.1, -0.05) is 18.2 Å². The normalized spacial score (nSPS) is 11.6. The first kappa shape index (κ1) is 23.1. The van der Waals surface area contributed by atoms with Crippen LogP contribution in [0, 0.1) is 19.7 Å². The molecule has 176 valence electrons. The maximum Gasteiger partial charge on any atom is 0.453 e. The zero-order valence-corrected chi connectivity index (χ0v) is 18.2. The van der Waals surface area contributed by atoms with E-state index in [9.17, 15) is 22.4 Å². The van der Waals surface area contributed by atoms with Crippen LogP contribution in [0.3, 0.4) is 0 Å². The summed E-state index contributed by atoms with van der Waals surface area (Å²) in [6.45, 7) is 3.25. The first-order chi connectivity index (χ1) is 16.1. The van der Waals surface area contributed by atoms with Gasteiger partial charge in [0, 0.05) is 23.9 Å². The molecule has 0 aliphatic heterocycles. The molecule has 0 spiro atoms. The summed E-state index contributed by atoms with van der Waals surface area (Å²) in [5.74, 6) is -1.61. The zero-order chi connectivity index (χ0) is 24.5. The first-order valence-electron chi connectivity index (χ1n) is 10.2. The van der Waals surface area contributed by atoms with Gasteiger partial charge in [0.1, 0.15) is 11.6 Å². The van der Waals surface area contributed by atoms with E-state index in [0.29, 0.717) is 28.4 Å². The van der Waals surface area contributed by atoms with Crippen molar-refractivity contribution in [3.8, 4) is 11.5 Å². The first-order valence-corrected chi connectivity index (χ1v) is 10.2. The summed E-state index contributed by atoms with van der Waals surface area (Å²) in [5.41, 5.74) is 1.89. The Morgan fingerprint density at radius 3 is 2.59 bits per heavy atom. The van der Waals surface area contributed by atoms with E-state index in [-0.39, 0.29) is 30.3 Å². The number of benzene rings is 2. The number of halogens is 4. The highest BCUT2D eigenvalue weighted by molar-refractivity contribution is 5.92. The average Bonchev–Trinajstić information content (AvgIpc) is 3.20. The van der Waals surface area contributed by atoms with Crippen molar-refractivity contribution < 1.29 is 27.1 Å². The minimum Gasteiger partial charge on any atom is -0.455 e. The molecule has 0 saturated heterocycles. The number of hydrogen-bond donors (Lipinski definition) is 1. The summed E-state index contributed by atoms with van der Waals surface area (Å²) in [7, 11) is 0. The third kappa shape index (κ3) is 4.98. The zero-order valence-electron chi connectivity index (χ0n) is 18.2. The third-order valence-corrected chi connectivity index (χ3v) is 5.09. The number of alkyl halides is 3. The number of nitrogens with one attached hydrogen (secondary N) is 1. The van der Waals surface area contributed by atoms with Gasteiger partial charge in [-0.05, 0) is 50.1 Å². The number of carbonyl (C=O) groups excluding carboxylic acids is 1. The number of rotatable bonds is 6. The number of amides is 1. The van der Waals surface area contributed by atoms with Crippen LogP contribution in [0.1, 0.15) is 29.2 Å². The number of aromatic nitrogens is 4. The smallest absolute Gasteiger partial charge is 0.453 e. The van der Waals surface area contributed by atoms with Crippen molar-refractivity contribution in [1.29, 1.82) is 0 Å². The second-order valence-corrected chi connectivity index (χ2v) is 7.51. The van der Waals surface area contributed by atoms with E-state index in [1.54, 1.807) is 44.2 Å². The fraction of sp³-hybridized carbons (Fsp3) is 0.217. The van der Waals surface area contributed by atoms with Gasteiger partial charge in [0.25, 0.3) is 11.6 Å². The molecule has 11 heteroatoms. The predicted octanol–water partition coefficient (Wildman–Crippen LogP) is 5.26. The van der Waals surface area contributed by atoms with Crippen LogP contribution in [-0.4, -0.2) is 25.5 Å². The van der Waals surface area contributed by atoms with Crippen molar-refractivity contribution in [1.82, 2.24) is 19.6 Å². The second kappa shape index (κ2) is 9.08. The molecule has 0 aliphatic carbocycles. The molecule has 0 aliphatic rings. The van der Waals surface area contributed by atoms with Crippen LogP contribution in [0.2, 0.25) is 0 Å². The van der Waals surface area contributed by atoms with E-state index in [0.717, 1.165) is 4.52 Å².